The normalized spacial score (nSPS) is 18.7. The van der Waals surface area contributed by atoms with Crippen molar-refractivity contribution in [3.63, 3.8) is 0 Å². The van der Waals surface area contributed by atoms with Crippen LogP contribution in [0, 0.1) is 5.92 Å². The van der Waals surface area contributed by atoms with E-state index in [1.165, 1.54) is 18.4 Å². The highest BCUT2D eigenvalue weighted by Crippen LogP contribution is 2.28. The van der Waals surface area contributed by atoms with Crippen LogP contribution in [0.3, 0.4) is 0 Å². The van der Waals surface area contributed by atoms with Gasteiger partial charge in [0.15, 0.2) is 0 Å². The summed E-state index contributed by atoms with van der Waals surface area (Å²) in [4.78, 5) is 25.9. The van der Waals surface area contributed by atoms with Gasteiger partial charge in [-0.3, -0.25) is 4.79 Å². The number of rotatable bonds is 8. The van der Waals surface area contributed by atoms with Gasteiger partial charge in [-0.1, -0.05) is 30.3 Å². The predicted octanol–water partition coefficient (Wildman–Crippen LogP) is 1.87. The fourth-order valence-electron chi connectivity index (χ4n) is 3.51. The summed E-state index contributed by atoms with van der Waals surface area (Å²) in [5.74, 6) is 1.70. The molecule has 1 saturated carbocycles. The monoisotopic (exact) mass is 395 g/mol. The zero-order chi connectivity index (χ0) is 20.2. The number of aliphatic hydroxyl groups is 1. The molecular weight excluding hydrogens is 366 g/mol. The lowest BCUT2D eigenvalue weighted by Gasteiger charge is -2.22. The highest BCUT2D eigenvalue weighted by atomic mass is 16.3. The van der Waals surface area contributed by atoms with E-state index in [2.05, 4.69) is 22.4 Å². The quantitative estimate of drug-likeness (QED) is 0.710. The minimum absolute atomic E-state index is 0.155. The van der Waals surface area contributed by atoms with Crippen molar-refractivity contribution in [2.24, 2.45) is 5.92 Å². The van der Waals surface area contributed by atoms with Gasteiger partial charge in [0.2, 0.25) is 5.95 Å². The summed E-state index contributed by atoms with van der Waals surface area (Å²) in [5.41, 5.74) is 1.64. The second-order valence-corrected chi connectivity index (χ2v) is 8.11. The van der Waals surface area contributed by atoms with Gasteiger partial charge in [-0.2, -0.15) is 4.98 Å². The molecule has 1 aliphatic carbocycles. The molecule has 154 valence electrons. The number of hydrogen-bond acceptors (Lipinski definition) is 6. The Labute approximate surface area is 171 Å². The van der Waals surface area contributed by atoms with Crippen LogP contribution in [0.5, 0.6) is 0 Å². The van der Waals surface area contributed by atoms with Gasteiger partial charge in [-0.25, -0.2) is 4.98 Å². The number of aromatic nitrogens is 2. The summed E-state index contributed by atoms with van der Waals surface area (Å²) in [7, 11) is 1.95. The molecule has 1 aromatic heterocycles. The second-order valence-electron chi connectivity index (χ2n) is 8.11. The number of amides is 1. The minimum atomic E-state index is -0.351. The molecule has 2 N–H and O–H groups in total. The van der Waals surface area contributed by atoms with E-state index < -0.39 is 0 Å². The van der Waals surface area contributed by atoms with Crippen LogP contribution in [0.4, 0.5) is 11.8 Å². The van der Waals surface area contributed by atoms with Crippen LogP contribution in [-0.4, -0.2) is 60.3 Å². The van der Waals surface area contributed by atoms with E-state index in [0.717, 1.165) is 19.5 Å². The molecule has 2 aliphatic rings. The first-order valence-electron chi connectivity index (χ1n) is 10.4. The summed E-state index contributed by atoms with van der Waals surface area (Å²) in [6.07, 6.45) is 3.61. The SMILES string of the molecule is CN(CCc1ccccc1)c1nc(C(=O)NCC2CC2)cc(N2CC[C@@H](O)C2)n1. The summed E-state index contributed by atoms with van der Waals surface area (Å²) in [6.45, 7) is 2.72. The molecule has 2 fully saturated rings. The highest BCUT2D eigenvalue weighted by molar-refractivity contribution is 5.93. The van der Waals surface area contributed by atoms with Gasteiger partial charge in [-0.05, 0) is 37.2 Å². The van der Waals surface area contributed by atoms with Gasteiger partial charge in [0.25, 0.3) is 5.91 Å². The van der Waals surface area contributed by atoms with E-state index in [4.69, 9.17) is 4.98 Å². The molecule has 1 amide bonds. The van der Waals surface area contributed by atoms with Crippen molar-refractivity contribution in [2.75, 3.05) is 43.0 Å². The van der Waals surface area contributed by atoms with Crippen molar-refractivity contribution in [3.8, 4) is 0 Å². The van der Waals surface area contributed by atoms with Crippen LogP contribution in [0.1, 0.15) is 35.3 Å². The second kappa shape index (κ2) is 8.78. The van der Waals surface area contributed by atoms with Crippen molar-refractivity contribution in [2.45, 2.75) is 31.8 Å². The van der Waals surface area contributed by atoms with E-state index in [9.17, 15) is 9.90 Å². The molecule has 7 nitrogen and oxygen atoms in total. The van der Waals surface area contributed by atoms with Crippen molar-refractivity contribution in [1.29, 1.82) is 0 Å². The first kappa shape index (κ1) is 19.6. The molecule has 4 rings (SSSR count). The van der Waals surface area contributed by atoms with Gasteiger partial charge in [-0.15, -0.1) is 0 Å². The van der Waals surface area contributed by atoms with E-state index in [1.54, 1.807) is 6.07 Å². The Morgan fingerprint density at radius 1 is 1.24 bits per heavy atom. The number of carbonyl (C=O) groups is 1. The molecule has 0 spiro atoms. The third kappa shape index (κ3) is 5.23. The Morgan fingerprint density at radius 3 is 2.72 bits per heavy atom. The predicted molar refractivity (Wildman–Crippen MR) is 113 cm³/mol. The summed E-state index contributed by atoms with van der Waals surface area (Å²) in [6, 6.07) is 12.0. The topological polar surface area (TPSA) is 81.6 Å². The molecule has 0 radical (unpaired) electrons. The van der Waals surface area contributed by atoms with Crippen molar-refractivity contribution >= 4 is 17.7 Å². The Hall–Kier alpha value is -2.67. The molecule has 7 heteroatoms. The molecule has 0 unspecified atom stereocenters. The number of nitrogens with zero attached hydrogens (tertiary/aromatic N) is 4. The Balaban J connectivity index is 1.51. The maximum Gasteiger partial charge on any atom is 0.270 e. The van der Waals surface area contributed by atoms with Crippen molar-refractivity contribution < 1.29 is 9.90 Å². The van der Waals surface area contributed by atoms with Crippen molar-refractivity contribution in [1.82, 2.24) is 15.3 Å². The third-order valence-corrected chi connectivity index (χ3v) is 5.59. The van der Waals surface area contributed by atoms with Crippen LogP contribution in [0.15, 0.2) is 36.4 Å². The first-order chi connectivity index (χ1) is 14.1. The van der Waals surface area contributed by atoms with Crippen molar-refractivity contribution in [3.05, 3.63) is 47.7 Å². The molecular formula is C22H29N5O2. The number of likely N-dealkylation sites (N-methyl/N-ethyl adjacent to an activating group) is 1. The average Bonchev–Trinajstić information content (AvgIpc) is 3.48. The molecule has 2 heterocycles. The standard InChI is InChI=1S/C22H29N5O2/c1-26(11-9-16-5-3-2-4-6-16)22-24-19(21(29)23-14-17-7-8-17)13-20(25-22)27-12-10-18(28)15-27/h2-6,13,17-18,28H,7-12,14-15H2,1H3,(H,23,29)/t18-/m1/s1. The number of anilines is 2. The Bertz CT molecular complexity index is 840. The summed E-state index contributed by atoms with van der Waals surface area (Å²) >= 11 is 0. The fourth-order valence-corrected chi connectivity index (χ4v) is 3.51. The lowest BCUT2D eigenvalue weighted by molar-refractivity contribution is 0.0946. The lowest BCUT2D eigenvalue weighted by atomic mass is 10.1. The largest absolute Gasteiger partial charge is 0.391 e. The molecule has 1 atom stereocenters. The van der Waals surface area contributed by atoms with Gasteiger partial charge in [0.05, 0.1) is 6.10 Å². The van der Waals surface area contributed by atoms with Gasteiger partial charge >= 0.3 is 0 Å². The van der Waals surface area contributed by atoms with E-state index in [0.29, 0.717) is 42.9 Å². The number of carbonyl (C=O) groups excluding carboxylic acids is 1. The number of aliphatic hydroxyl groups excluding tert-OH is 1. The number of nitrogens with one attached hydrogen (secondary N) is 1. The van der Waals surface area contributed by atoms with E-state index in [-0.39, 0.29) is 12.0 Å². The molecule has 1 aromatic carbocycles. The number of β-amino-alcohol motifs (C(OH)–C–C–N with tert-alkyl or cyclic N) is 1. The van der Waals surface area contributed by atoms with Gasteiger partial charge in [0, 0.05) is 39.3 Å². The fraction of sp³-hybridized carbons (Fsp3) is 0.500. The molecule has 1 saturated heterocycles. The molecule has 0 bridgehead atoms. The van der Waals surface area contributed by atoms with Crippen LogP contribution in [-0.2, 0) is 6.42 Å². The lowest BCUT2D eigenvalue weighted by Crippen LogP contribution is -2.30. The minimum Gasteiger partial charge on any atom is -0.391 e. The van der Waals surface area contributed by atoms with Crippen LogP contribution < -0.4 is 15.1 Å². The zero-order valence-corrected chi connectivity index (χ0v) is 16.9. The van der Waals surface area contributed by atoms with Gasteiger partial charge < -0.3 is 20.2 Å². The van der Waals surface area contributed by atoms with Crippen LogP contribution in [0.25, 0.3) is 0 Å². The van der Waals surface area contributed by atoms with Gasteiger partial charge in [0.1, 0.15) is 11.5 Å². The smallest absolute Gasteiger partial charge is 0.270 e. The van der Waals surface area contributed by atoms with Crippen LogP contribution in [0.2, 0.25) is 0 Å². The number of hydrogen-bond donors (Lipinski definition) is 2. The molecule has 2 aromatic rings. The zero-order valence-electron chi connectivity index (χ0n) is 16.9. The van der Waals surface area contributed by atoms with Crippen LogP contribution >= 0.6 is 0 Å². The summed E-state index contributed by atoms with van der Waals surface area (Å²) in [5, 5.41) is 12.9. The molecule has 29 heavy (non-hydrogen) atoms. The van der Waals surface area contributed by atoms with E-state index in [1.807, 2.05) is 35.0 Å². The van der Waals surface area contributed by atoms with E-state index >= 15 is 0 Å². The summed E-state index contributed by atoms with van der Waals surface area (Å²) < 4.78 is 0. The first-order valence-corrected chi connectivity index (χ1v) is 10.4. The number of benzene rings is 1. The molecule has 1 aliphatic heterocycles. The maximum absolute atomic E-state index is 12.7. The Morgan fingerprint density at radius 2 is 2.03 bits per heavy atom. The highest BCUT2D eigenvalue weighted by Gasteiger charge is 2.25. The average molecular weight is 396 g/mol. The Kier molecular flexibility index (Phi) is 5.94. The third-order valence-electron chi connectivity index (χ3n) is 5.59. The maximum atomic E-state index is 12.7.